The minimum Gasteiger partial charge on any atom is -0.375 e. The van der Waals surface area contributed by atoms with Gasteiger partial charge in [-0.1, -0.05) is 46.0 Å². The van der Waals surface area contributed by atoms with Gasteiger partial charge in [0.1, 0.15) is 5.78 Å². The fourth-order valence-corrected chi connectivity index (χ4v) is 2.87. The Morgan fingerprint density at radius 2 is 1.74 bits per heavy atom. The van der Waals surface area contributed by atoms with Gasteiger partial charge in [-0.3, -0.25) is 4.79 Å². The van der Waals surface area contributed by atoms with Crippen LogP contribution in [0.2, 0.25) is 0 Å². The van der Waals surface area contributed by atoms with E-state index in [0.717, 1.165) is 25.7 Å². The number of unbranched alkanes of at least 4 members (excludes halogenated alkanes) is 4. The van der Waals surface area contributed by atoms with Gasteiger partial charge in [0, 0.05) is 12.8 Å². The molecule has 1 aliphatic rings. The molecule has 1 saturated heterocycles. The number of hydrogen-bond acceptors (Lipinski definition) is 2. The maximum absolute atomic E-state index is 11.8. The molecule has 2 heteroatoms. The van der Waals surface area contributed by atoms with Gasteiger partial charge in [-0.2, -0.15) is 0 Å². The molecular weight excluding hydrogens is 236 g/mol. The summed E-state index contributed by atoms with van der Waals surface area (Å²) >= 11 is 0. The van der Waals surface area contributed by atoms with E-state index in [4.69, 9.17) is 4.74 Å². The molecule has 2 atom stereocenters. The van der Waals surface area contributed by atoms with Crippen LogP contribution in [0.5, 0.6) is 0 Å². The van der Waals surface area contributed by atoms with Crippen LogP contribution >= 0.6 is 0 Å². The lowest BCUT2D eigenvalue weighted by atomic mass is 9.96. The molecule has 0 saturated carbocycles. The number of hydrogen-bond donors (Lipinski definition) is 0. The lowest BCUT2D eigenvalue weighted by Crippen LogP contribution is -2.29. The first kappa shape index (κ1) is 16.7. The molecule has 1 fully saturated rings. The molecule has 0 unspecified atom stereocenters. The van der Waals surface area contributed by atoms with Gasteiger partial charge in [0.25, 0.3) is 0 Å². The van der Waals surface area contributed by atoms with Crippen molar-refractivity contribution in [1.29, 1.82) is 0 Å². The van der Waals surface area contributed by atoms with Gasteiger partial charge in [-0.25, -0.2) is 0 Å². The zero-order chi connectivity index (χ0) is 13.9. The van der Waals surface area contributed by atoms with Gasteiger partial charge in [0.05, 0.1) is 12.2 Å². The molecule has 0 radical (unpaired) electrons. The van der Waals surface area contributed by atoms with E-state index in [1.807, 2.05) is 0 Å². The second-order valence-electron chi connectivity index (χ2n) is 6.01. The highest BCUT2D eigenvalue weighted by molar-refractivity contribution is 5.78. The Balaban J connectivity index is 2.16. The monoisotopic (exact) mass is 268 g/mol. The molecule has 0 aromatic rings. The van der Waals surface area contributed by atoms with E-state index >= 15 is 0 Å². The summed E-state index contributed by atoms with van der Waals surface area (Å²) in [6.45, 7) is 4.38. The van der Waals surface area contributed by atoms with E-state index < -0.39 is 0 Å². The summed E-state index contributed by atoms with van der Waals surface area (Å²) in [5, 5.41) is 0. The lowest BCUT2D eigenvalue weighted by Gasteiger charge is -2.30. The molecule has 0 spiro atoms. The Morgan fingerprint density at radius 3 is 2.47 bits per heavy atom. The SMILES string of the molecule is CCCCCC[C@@H]1CCC[C@@H](CC(=O)CCCC)O1. The highest BCUT2D eigenvalue weighted by Crippen LogP contribution is 2.25. The molecule has 1 aliphatic heterocycles. The number of ketones is 1. The third-order valence-electron chi connectivity index (χ3n) is 4.08. The van der Waals surface area contributed by atoms with Crippen LogP contribution in [0.15, 0.2) is 0 Å². The van der Waals surface area contributed by atoms with Crippen molar-refractivity contribution in [1.82, 2.24) is 0 Å². The second kappa shape index (κ2) is 10.4. The van der Waals surface area contributed by atoms with Crippen molar-refractivity contribution in [3.8, 4) is 0 Å². The van der Waals surface area contributed by atoms with E-state index in [2.05, 4.69) is 13.8 Å². The average molecular weight is 268 g/mol. The van der Waals surface area contributed by atoms with Crippen molar-refractivity contribution in [3.05, 3.63) is 0 Å². The molecule has 0 aromatic heterocycles. The van der Waals surface area contributed by atoms with E-state index in [1.54, 1.807) is 0 Å². The molecule has 2 nitrogen and oxygen atoms in total. The normalized spacial score (nSPS) is 23.5. The Bertz CT molecular complexity index is 237. The number of ether oxygens (including phenoxy) is 1. The summed E-state index contributed by atoms with van der Waals surface area (Å²) in [5.74, 6) is 0.401. The molecular formula is C17H32O2. The van der Waals surface area contributed by atoms with Crippen molar-refractivity contribution in [2.75, 3.05) is 0 Å². The first-order valence-corrected chi connectivity index (χ1v) is 8.43. The van der Waals surface area contributed by atoms with Gasteiger partial charge in [-0.05, 0) is 32.1 Å². The van der Waals surface area contributed by atoms with E-state index in [-0.39, 0.29) is 6.10 Å². The van der Waals surface area contributed by atoms with Gasteiger partial charge in [0.15, 0.2) is 0 Å². The Morgan fingerprint density at radius 1 is 1.00 bits per heavy atom. The van der Waals surface area contributed by atoms with Crippen molar-refractivity contribution in [2.45, 2.75) is 103 Å². The van der Waals surface area contributed by atoms with Crippen LogP contribution in [0.3, 0.4) is 0 Å². The number of carbonyl (C=O) groups is 1. The van der Waals surface area contributed by atoms with Crippen LogP contribution in [0.25, 0.3) is 0 Å². The van der Waals surface area contributed by atoms with Gasteiger partial charge in [-0.15, -0.1) is 0 Å². The van der Waals surface area contributed by atoms with Crippen molar-refractivity contribution in [2.24, 2.45) is 0 Å². The van der Waals surface area contributed by atoms with Crippen molar-refractivity contribution < 1.29 is 9.53 Å². The molecule has 19 heavy (non-hydrogen) atoms. The van der Waals surface area contributed by atoms with E-state index in [9.17, 15) is 4.79 Å². The molecule has 1 heterocycles. The first-order chi connectivity index (χ1) is 9.26. The first-order valence-electron chi connectivity index (χ1n) is 8.43. The predicted molar refractivity (Wildman–Crippen MR) is 80.4 cm³/mol. The van der Waals surface area contributed by atoms with Crippen molar-refractivity contribution in [3.63, 3.8) is 0 Å². The van der Waals surface area contributed by atoms with Crippen molar-refractivity contribution >= 4 is 5.78 Å². The van der Waals surface area contributed by atoms with Gasteiger partial charge >= 0.3 is 0 Å². The summed E-state index contributed by atoms with van der Waals surface area (Å²) in [6, 6.07) is 0. The Hall–Kier alpha value is -0.370. The summed E-state index contributed by atoms with van der Waals surface area (Å²) < 4.78 is 6.10. The second-order valence-corrected chi connectivity index (χ2v) is 6.01. The quantitative estimate of drug-likeness (QED) is 0.519. The van der Waals surface area contributed by atoms with Crippen LogP contribution in [-0.2, 0) is 9.53 Å². The van der Waals surface area contributed by atoms with Gasteiger partial charge < -0.3 is 4.74 Å². The highest BCUT2D eigenvalue weighted by Gasteiger charge is 2.23. The maximum atomic E-state index is 11.8. The van der Waals surface area contributed by atoms with Crippen LogP contribution in [0.4, 0.5) is 0 Å². The molecule has 0 amide bonds. The fraction of sp³-hybridized carbons (Fsp3) is 0.941. The third-order valence-corrected chi connectivity index (χ3v) is 4.08. The largest absolute Gasteiger partial charge is 0.375 e. The Labute approximate surface area is 119 Å². The van der Waals surface area contributed by atoms with Gasteiger partial charge in [0.2, 0.25) is 0 Å². The lowest BCUT2D eigenvalue weighted by molar-refractivity contribution is -0.125. The minimum absolute atomic E-state index is 0.217. The molecule has 112 valence electrons. The van der Waals surface area contributed by atoms with Crippen LogP contribution < -0.4 is 0 Å². The predicted octanol–water partition coefficient (Wildman–Crippen LogP) is 5.04. The summed E-state index contributed by atoms with van der Waals surface area (Å²) in [4.78, 5) is 11.8. The summed E-state index contributed by atoms with van der Waals surface area (Å²) in [7, 11) is 0. The number of carbonyl (C=O) groups excluding carboxylic acids is 1. The van der Waals surface area contributed by atoms with Crippen LogP contribution in [0.1, 0.15) is 90.9 Å². The molecule has 0 aliphatic carbocycles. The summed E-state index contributed by atoms with van der Waals surface area (Å²) in [5.41, 5.74) is 0. The molecule has 0 bridgehead atoms. The zero-order valence-electron chi connectivity index (χ0n) is 13.0. The molecule has 1 rings (SSSR count). The Kier molecular flexibility index (Phi) is 9.15. The minimum atomic E-state index is 0.217. The summed E-state index contributed by atoms with van der Waals surface area (Å²) in [6.07, 6.45) is 14.2. The molecule has 0 N–H and O–H groups in total. The number of rotatable bonds is 10. The topological polar surface area (TPSA) is 26.3 Å². The zero-order valence-corrected chi connectivity index (χ0v) is 13.0. The third kappa shape index (κ3) is 7.71. The maximum Gasteiger partial charge on any atom is 0.135 e. The van der Waals surface area contributed by atoms with Crippen LogP contribution in [0, 0.1) is 0 Å². The average Bonchev–Trinajstić information content (AvgIpc) is 2.42. The highest BCUT2D eigenvalue weighted by atomic mass is 16.5. The standard InChI is InChI=1S/C17H32O2/c1-3-5-7-8-11-16-12-9-13-17(19-16)14-15(18)10-6-4-2/h16-17H,3-14H2,1-2H3/t16-,17+/m1/s1. The van der Waals surface area contributed by atoms with E-state index in [1.165, 1.54) is 44.9 Å². The fourth-order valence-electron chi connectivity index (χ4n) is 2.87. The van der Waals surface area contributed by atoms with E-state index in [0.29, 0.717) is 18.3 Å². The molecule has 0 aromatic carbocycles. The van der Waals surface area contributed by atoms with Crippen LogP contribution in [-0.4, -0.2) is 18.0 Å². The number of Topliss-reactive ketones (excluding diaryl/α,β-unsaturated/α-hetero) is 1. The smallest absolute Gasteiger partial charge is 0.135 e.